The maximum absolute atomic E-state index is 13.2. The van der Waals surface area contributed by atoms with Crippen molar-refractivity contribution in [3.63, 3.8) is 0 Å². The Morgan fingerprint density at radius 3 is 2.68 bits per heavy atom. The Morgan fingerprint density at radius 1 is 1.25 bits per heavy atom. The van der Waals surface area contributed by atoms with Crippen molar-refractivity contribution in [3.8, 4) is 5.75 Å². The van der Waals surface area contributed by atoms with Gasteiger partial charge in [-0.1, -0.05) is 13.0 Å². The monoisotopic (exact) mass is 379 g/mol. The normalized spacial score (nSPS) is 18.4. The molecular weight excluding hydrogens is 354 g/mol. The van der Waals surface area contributed by atoms with Gasteiger partial charge in [0.15, 0.2) is 6.10 Å². The third-order valence-corrected chi connectivity index (χ3v) is 5.29. The minimum absolute atomic E-state index is 0.0307. The molecule has 1 aromatic carbocycles. The molecule has 2 aliphatic rings. The van der Waals surface area contributed by atoms with Crippen LogP contribution in [0.1, 0.15) is 37.3 Å². The Morgan fingerprint density at radius 2 is 2.00 bits per heavy atom. The van der Waals surface area contributed by atoms with Gasteiger partial charge in [-0.3, -0.25) is 19.5 Å². The number of pyridine rings is 1. The third kappa shape index (κ3) is 3.72. The zero-order valence-corrected chi connectivity index (χ0v) is 16.3. The highest BCUT2D eigenvalue weighted by Gasteiger charge is 2.38. The van der Waals surface area contributed by atoms with E-state index in [1.54, 1.807) is 17.3 Å². The second-order valence-corrected chi connectivity index (χ2v) is 7.52. The fourth-order valence-electron chi connectivity index (χ4n) is 3.57. The SMILES string of the molecule is CCC1Oc2ccc(C)cc2N(CC(=O)N(Cc2ccncc2)C2CC2)C1=O. The first-order chi connectivity index (χ1) is 13.6. The van der Waals surface area contributed by atoms with Crippen LogP contribution >= 0.6 is 0 Å². The number of rotatable bonds is 6. The molecule has 6 heteroatoms. The first-order valence-corrected chi connectivity index (χ1v) is 9.84. The van der Waals surface area contributed by atoms with Crippen LogP contribution in [0.15, 0.2) is 42.7 Å². The zero-order valence-electron chi connectivity index (χ0n) is 16.3. The molecule has 1 unspecified atom stereocenters. The van der Waals surface area contributed by atoms with Crippen molar-refractivity contribution in [2.45, 2.75) is 51.8 Å². The van der Waals surface area contributed by atoms with Gasteiger partial charge < -0.3 is 9.64 Å². The molecule has 0 bridgehead atoms. The summed E-state index contributed by atoms with van der Waals surface area (Å²) < 4.78 is 5.85. The third-order valence-electron chi connectivity index (χ3n) is 5.29. The standard InChI is InChI=1S/C22H25N3O3/c1-3-19-22(27)25(18-12-15(2)4-7-20(18)28-19)14-21(26)24(17-5-6-17)13-16-8-10-23-11-9-16/h4,7-12,17,19H,3,5-6,13-14H2,1-2H3. The van der Waals surface area contributed by atoms with Crippen LogP contribution in [0.4, 0.5) is 5.69 Å². The number of amides is 2. The second kappa shape index (κ2) is 7.62. The number of anilines is 1. The smallest absolute Gasteiger partial charge is 0.268 e. The van der Waals surface area contributed by atoms with Gasteiger partial charge >= 0.3 is 0 Å². The number of nitrogens with zero attached hydrogens (tertiary/aromatic N) is 3. The van der Waals surface area contributed by atoms with Gasteiger partial charge in [0.1, 0.15) is 12.3 Å². The van der Waals surface area contributed by atoms with E-state index in [1.807, 2.05) is 49.1 Å². The molecule has 1 saturated carbocycles. The number of carbonyl (C=O) groups is 2. The first-order valence-electron chi connectivity index (χ1n) is 9.84. The molecule has 2 aromatic rings. The summed E-state index contributed by atoms with van der Waals surface area (Å²) in [4.78, 5) is 33.7. The molecule has 4 rings (SSSR count). The van der Waals surface area contributed by atoms with E-state index < -0.39 is 6.10 Å². The summed E-state index contributed by atoms with van der Waals surface area (Å²) in [5, 5.41) is 0. The largest absolute Gasteiger partial charge is 0.478 e. The van der Waals surface area contributed by atoms with E-state index in [-0.39, 0.29) is 24.4 Å². The topological polar surface area (TPSA) is 62.7 Å². The van der Waals surface area contributed by atoms with Crippen LogP contribution in [0, 0.1) is 6.92 Å². The number of hydrogen-bond acceptors (Lipinski definition) is 4. The predicted molar refractivity (Wildman–Crippen MR) is 106 cm³/mol. The summed E-state index contributed by atoms with van der Waals surface area (Å²) in [5.41, 5.74) is 2.76. The Kier molecular flexibility index (Phi) is 5.03. The van der Waals surface area contributed by atoms with Crippen LogP contribution in [-0.4, -0.2) is 40.4 Å². The molecule has 1 aliphatic carbocycles. The number of aromatic nitrogens is 1. The van der Waals surface area contributed by atoms with Crippen LogP contribution < -0.4 is 9.64 Å². The molecule has 146 valence electrons. The lowest BCUT2D eigenvalue weighted by Crippen LogP contribution is -2.50. The molecule has 28 heavy (non-hydrogen) atoms. The summed E-state index contributed by atoms with van der Waals surface area (Å²) in [7, 11) is 0. The Bertz CT molecular complexity index is 880. The Labute approximate surface area is 165 Å². The number of benzene rings is 1. The first kappa shape index (κ1) is 18.5. The molecule has 0 saturated heterocycles. The molecule has 1 atom stereocenters. The number of ether oxygens (including phenoxy) is 1. The van der Waals surface area contributed by atoms with Crippen molar-refractivity contribution in [1.82, 2.24) is 9.88 Å². The summed E-state index contributed by atoms with van der Waals surface area (Å²) in [5.74, 6) is 0.488. The lowest BCUT2D eigenvalue weighted by Gasteiger charge is -2.35. The van der Waals surface area contributed by atoms with E-state index in [0.717, 1.165) is 24.0 Å². The van der Waals surface area contributed by atoms with Crippen LogP contribution in [0.25, 0.3) is 0 Å². The van der Waals surface area contributed by atoms with Gasteiger partial charge in [0.2, 0.25) is 5.91 Å². The van der Waals surface area contributed by atoms with Crippen molar-refractivity contribution in [1.29, 1.82) is 0 Å². The lowest BCUT2D eigenvalue weighted by molar-refractivity contribution is -0.134. The van der Waals surface area contributed by atoms with Crippen molar-refractivity contribution in [3.05, 3.63) is 53.9 Å². The fraction of sp³-hybridized carbons (Fsp3) is 0.409. The van der Waals surface area contributed by atoms with E-state index >= 15 is 0 Å². The highest BCUT2D eigenvalue weighted by molar-refractivity contribution is 6.04. The van der Waals surface area contributed by atoms with Gasteiger partial charge in [-0.25, -0.2) is 0 Å². The molecule has 0 N–H and O–H groups in total. The molecule has 2 amide bonds. The predicted octanol–water partition coefficient (Wildman–Crippen LogP) is 3.09. The minimum atomic E-state index is -0.544. The van der Waals surface area contributed by atoms with Crippen molar-refractivity contribution < 1.29 is 14.3 Å². The minimum Gasteiger partial charge on any atom is -0.478 e. The average Bonchev–Trinajstić information content (AvgIpc) is 3.54. The van der Waals surface area contributed by atoms with E-state index in [9.17, 15) is 9.59 Å². The van der Waals surface area contributed by atoms with Crippen LogP contribution in [0.5, 0.6) is 5.75 Å². The maximum atomic E-state index is 13.2. The van der Waals surface area contributed by atoms with Gasteiger partial charge in [-0.15, -0.1) is 0 Å². The highest BCUT2D eigenvalue weighted by atomic mass is 16.5. The maximum Gasteiger partial charge on any atom is 0.268 e. The quantitative estimate of drug-likeness (QED) is 0.774. The summed E-state index contributed by atoms with van der Waals surface area (Å²) >= 11 is 0. The highest BCUT2D eigenvalue weighted by Crippen LogP contribution is 2.36. The van der Waals surface area contributed by atoms with Crippen LogP contribution in [0.3, 0.4) is 0 Å². The number of aryl methyl sites for hydroxylation is 1. The van der Waals surface area contributed by atoms with Gasteiger partial charge in [0.05, 0.1) is 5.69 Å². The molecule has 1 aromatic heterocycles. The fourth-order valence-corrected chi connectivity index (χ4v) is 3.57. The van der Waals surface area contributed by atoms with E-state index in [4.69, 9.17) is 4.74 Å². The Balaban J connectivity index is 1.58. The van der Waals surface area contributed by atoms with Crippen molar-refractivity contribution >= 4 is 17.5 Å². The van der Waals surface area contributed by atoms with E-state index in [0.29, 0.717) is 24.4 Å². The molecular formula is C22H25N3O3. The number of carbonyl (C=O) groups excluding carboxylic acids is 2. The van der Waals surface area contributed by atoms with Gasteiger partial charge in [0.25, 0.3) is 5.91 Å². The summed E-state index contributed by atoms with van der Waals surface area (Å²) in [6.07, 6.45) is 5.53. The van der Waals surface area contributed by atoms with Gasteiger partial charge in [0, 0.05) is 25.0 Å². The average molecular weight is 379 g/mol. The molecule has 1 fully saturated rings. The number of fused-ring (bicyclic) bond motifs is 1. The van der Waals surface area contributed by atoms with Gasteiger partial charge in [-0.2, -0.15) is 0 Å². The van der Waals surface area contributed by atoms with E-state index in [2.05, 4.69) is 4.98 Å². The summed E-state index contributed by atoms with van der Waals surface area (Å²) in [6.45, 7) is 4.47. The van der Waals surface area contributed by atoms with Crippen molar-refractivity contribution in [2.24, 2.45) is 0 Å². The molecule has 0 spiro atoms. The van der Waals surface area contributed by atoms with Gasteiger partial charge in [-0.05, 0) is 61.6 Å². The molecule has 1 aliphatic heterocycles. The lowest BCUT2D eigenvalue weighted by atomic mass is 10.1. The second-order valence-electron chi connectivity index (χ2n) is 7.52. The Hall–Kier alpha value is -2.89. The van der Waals surface area contributed by atoms with Crippen LogP contribution in [0.2, 0.25) is 0 Å². The number of hydrogen-bond donors (Lipinski definition) is 0. The zero-order chi connectivity index (χ0) is 19.7. The molecule has 6 nitrogen and oxygen atoms in total. The van der Waals surface area contributed by atoms with Crippen LogP contribution in [-0.2, 0) is 16.1 Å². The molecule has 2 heterocycles. The van der Waals surface area contributed by atoms with Crippen molar-refractivity contribution in [2.75, 3.05) is 11.4 Å². The summed E-state index contributed by atoms with van der Waals surface area (Å²) in [6, 6.07) is 9.86. The van der Waals surface area contributed by atoms with E-state index in [1.165, 1.54) is 0 Å². The molecule has 0 radical (unpaired) electrons.